The number of anilines is 1. The molecule has 0 bridgehead atoms. The predicted octanol–water partition coefficient (Wildman–Crippen LogP) is 4.45. The van der Waals surface area contributed by atoms with E-state index in [2.05, 4.69) is 18.5 Å². The molecule has 0 heterocycles. The minimum Gasteiger partial charge on any atom is -0.398 e. The molecule has 0 radical (unpaired) electrons. The molecule has 2 rings (SSSR count). The van der Waals surface area contributed by atoms with Gasteiger partial charge in [-0.15, -0.1) is 0 Å². The van der Waals surface area contributed by atoms with E-state index in [0.29, 0.717) is 0 Å². The van der Waals surface area contributed by atoms with E-state index in [0.717, 1.165) is 34.5 Å². The van der Waals surface area contributed by atoms with E-state index in [1.54, 1.807) is 0 Å². The van der Waals surface area contributed by atoms with Crippen LogP contribution in [0, 0.1) is 0 Å². The summed E-state index contributed by atoms with van der Waals surface area (Å²) in [6, 6.07) is 10.0. The van der Waals surface area contributed by atoms with Crippen LogP contribution >= 0.6 is 0 Å². The minimum absolute atomic E-state index is 0.739. The minimum atomic E-state index is 0.739. The molecule has 0 aromatic heterocycles. The maximum Gasteiger partial charge on any atom is 0.0379 e. The van der Waals surface area contributed by atoms with Gasteiger partial charge in [-0.1, -0.05) is 55.7 Å². The number of allylic oxidation sites excluding steroid dienone is 7. The number of hydrogen-bond donors (Lipinski definition) is 2. The van der Waals surface area contributed by atoms with Crippen LogP contribution in [-0.2, 0) is 0 Å². The Morgan fingerprint density at radius 1 is 1.05 bits per heavy atom. The lowest BCUT2D eigenvalue weighted by molar-refractivity contribution is 1.12. The number of rotatable bonds is 4. The van der Waals surface area contributed by atoms with Gasteiger partial charge in [0.05, 0.1) is 0 Å². The van der Waals surface area contributed by atoms with Crippen molar-refractivity contribution in [3.05, 3.63) is 102 Å². The summed E-state index contributed by atoms with van der Waals surface area (Å²) in [5.74, 6) is 0. The van der Waals surface area contributed by atoms with Crippen LogP contribution in [0.3, 0.4) is 0 Å². The van der Waals surface area contributed by atoms with Crippen molar-refractivity contribution in [3.63, 3.8) is 0 Å². The molecule has 1 aliphatic carbocycles. The Hall–Kier alpha value is -2.74. The zero-order valence-electron chi connectivity index (χ0n) is 12.0. The first-order chi connectivity index (χ1) is 10.2. The first-order valence-electron chi connectivity index (χ1n) is 6.87. The molecule has 1 aromatic carbocycles. The molecule has 0 spiro atoms. The van der Waals surface area contributed by atoms with E-state index in [4.69, 9.17) is 5.73 Å². The van der Waals surface area contributed by atoms with Crippen LogP contribution in [0.25, 0.3) is 0 Å². The van der Waals surface area contributed by atoms with Gasteiger partial charge in [-0.25, -0.2) is 0 Å². The summed E-state index contributed by atoms with van der Waals surface area (Å²) in [5.41, 5.74) is 10.6. The molecule has 106 valence electrons. The lowest BCUT2D eigenvalue weighted by Crippen LogP contribution is -2.08. The molecule has 1 aromatic rings. The zero-order chi connectivity index (χ0) is 15.1. The van der Waals surface area contributed by atoms with Crippen molar-refractivity contribution in [2.45, 2.75) is 6.42 Å². The lowest BCUT2D eigenvalue weighted by Gasteiger charge is -2.17. The first kappa shape index (κ1) is 14.7. The SMILES string of the molecule is C=C1CC=C(N)C(=C)C1=CC=CC=CNc1ccccc1. The second-order valence-electron chi connectivity index (χ2n) is 4.78. The molecule has 0 aliphatic heterocycles. The van der Waals surface area contributed by atoms with Crippen molar-refractivity contribution in [2.75, 3.05) is 5.32 Å². The molecule has 0 atom stereocenters. The normalized spacial score (nSPS) is 17.7. The molecule has 2 heteroatoms. The van der Waals surface area contributed by atoms with Crippen LogP contribution in [0.5, 0.6) is 0 Å². The van der Waals surface area contributed by atoms with E-state index in [-0.39, 0.29) is 0 Å². The van der Waals surface area contributed by atoms with E-state index < -0.39 is 0 Å². The maximum atomic E-state index is 5.88. The van der Waals surface area contributed by atoms with E-state index in [1.165, 1.54) is 0 Å². The van der Waals surface area contributed by atoms with Crippen molar-refractivity contribution >= 4 is 5.69 Å². The molecular formula is C19H20N2. The van der Waals surface area contributed by atoms with E-state index in [9.17, 15) is 0 Å². The topological polar surface area (TPSA) is 38.0 Å². The van der Waals surface area contributed by atoms with Gasteiger partial charge in [0.15, 0.2) is 0 Å². The first-order valence-corrected chi connectivity index (χ1v) is 6.87. The number of nitrogens with one attached hydrogen (secondary N) is 1. The molecule has 21 heavy (non-hydrogen) atoms. The van der Waals surface area contributed by atoms with Gasteiger partial charge in [-0.3, -0.25) is 0 Å². The fourth-order valence-electron chi connectivity index (χ4n) is 2.00. The van der Waals surface area contributed by atoms with Gasteiger partial charge < -0.3 is 11.1 Å². The summed E-state index contributed by atoms with van der Waals surface area (Å²) < 4.78 is 0. The van der Waals surface area contributed by atoms with Gasteiger partial charge in [0.25, 0.3) is 0 Å². The van der Waals surface area contributed by atoms with Crippen molar-refractivity contribution < 1.29 is 0 Å². The molecule has 0 unspecified atom stereocenters. The van der Waals surface area contributed by atoms with Crippen LogP contribution < -0.4 is 11.1 Å². The third-order valence-electron chi connectivity index (χ3n) is 3.23. The van der Waals surface area contributed by atoms with Crippen LogP contribution in [0.15, 0.2) is 102 Å². The largest absolute Gasteiger partial charge is 0.398 e. The molecule has 2 nitrogen and oxygen atoms in total. The summed E-state index contributed by atoms with van der Waals surface area (Å²) in [6.07, 6.45) is 12.5. The molecule has 0 saturated heterocycles. The molecule has 0 amide bonds. The zero-order valence-corrected chi connectivity index (χ0v) is 12.0. The molecule has 0 fully saturated rings. The standard InChI is InChI=1S/C19H20N2/c1-15-12-13-19(20)16(2)18(15)11-7-4-8-14-21-17-9-5-3-6-10-17/h3-11,13-14,21H,1-2,12,20H2. The molecular weight excluding hydrogens is 256 g/mol. The fraction of sp³-hybridized carbons (Fsp3) is 0.0526. The Morgan fingerprint density at radius 2 is 1.81 bits per heavy atom. The van der Waals surface area contributed by atoms with Gasteiger partial charge in [-0.2, -0.15) is 0 Å². The average Bonchev–Trinajstić information content (AvgIpc) is 2.51. The lowest BCUT2D eigenvalue weighted by atomic mass is 9.90. The molecule has 3 N–H and O–H groups in total. The third kappa shape index (κ3) is 4.11. The highest BCUT2D eigenvalue weighted by atomic mass is 14.8. The monoisotopic (exact) mass is 276 g/mol. The Morgan fingerprint density at radius 3 is 2.57 bits per heavy atom. The number of benzene rings is 1. The Kier molecular flexibility index (Phi) is 4.99. The number of nitrogens with two attached hydrogens (primary N) is 1. The van der Waals surface area contributed by atoms with Gasteiger partial charge in [0, 0.05) is 17.6 Å². The summed E-state index contributed by atoms with van der Waals surface area (Å²) in [5, 5.41) is 3.19. The van der Waals surface area contributed by atoms with Gasteiger partial charge in [0.1, 0.15) is 0 Å². The van der Waals surface area contributed by atoms with Crippen LogP contribution in [0.4, 0.5) is 5.69 Å². The summed E-state index contributed by atoms with van der Waals surface area (Å²) in [4.78, 5) is 0. The van der Waals surface area contributed by atoms with Crippen LogP contribution in [0.1, 0.15) is 6.42 Å². The van der Waals surface area contributed by atoms with Crippen molar-refractivity contribution in [3.8, 4) is 0 Å². The molecule has 0 saturated carbocycles. The third-order valence-corrected chi connectivity index (χ3v) is 3.23. The van der Waals surface area contributed by atoms with Crippen LogP contribution in [-0.4, -0.2) is 0 Å². The number of para-hydroxylation sites is 1. The van der Waals surface area contributed by atoms with Gasteiger partial charge >= 0.3 is 0 Å². The molecule has 1 aliphatic rings. The highest BCUT2D eigenvalue weighted by molar-refractivity contribution is 5.58. The fourth-order valence-corrected chi connectivity index (χ4v) is 2.00. The second kappa shape index (κ2) is 7.15. The summed E-state index contributed by atoms with van der Waals surface area (Å²) in [7, 11) is 0. The van der Waals surface area contributed by atoms with Crippen molar-refractivity contribution in [1.29, 1.82) is 0 Å². The Labute approximate surface area is 126 Å². The van der Waals surface area contributed by atoms with Gasteiger partial charge in [-0.05, 0) is 41.3 Å². The number of hydrogen-bond acceptors (Lipinski definition) is 2. The van der Waals surface area contributed by atoms with E-state index >= 15 is 0 Å². The summed E-state index contributed by atoms with van der Waals surface area (Å²) in [6.45, 7) is 8.04. The van der Waals surface area contributed by atoms with Crippen molar-refractivity contribution in [2.24, 2.45) is 5.73 Å². The Bertz CT molecular complexity index is 643. The summed E-state index contributed by atoms with van der Waals surface area (Å²) >= 11 is 0. The van der Waals surface area contributed by atoms with Crippen LogP contribution in [0.2, 0.25) is 0 Å². The quantitative estimate of drug-likeness (QED) is 0.797. The highest BCUT2D eigenvalue weighted by Crippen LogP contribution is 2.28. The second-order valence-corrected chi connectivity index (χ2v) is 4.78. The predicted molar refractivity (Wildman–Crippen MR) is 91.6 cm³/mol. The average molecular weight is 276 g/mol. The smallest absolute Gasteiger partial charge is 0.0379 e. The highest BCUT2D eigenvalue weighted by Gasteiger charge is 2.12. The van der Waals surface area contributed by atoms with Gasteiger partial charge in [0.2, 0.25) is 0 Å². The maximum absolute atomic E-state index is 5.88. The van der Waals surface area contributed by atoms with Crippen molar-refractivity contribution in [1.82, 2.24) is 0 Å². The van der Waals surface area contributed by atoms with E-state index in [1.807, 2.05) is 66.9 Å². The Balaban J connectivity index is 1.93.